The first-order valence-electron chi connectivity index (χ1n) is 9.17. The Hall–Kier alpha value is -2.66. The third-order valence-corrected chi connectivity index (χ3v) is 5.28. The SMILES string of the molecule is Cc1nn(C)c(C)c1CNC(O)N1C(=O)O[C@H](c2cc(F)cc(C(F)(F)F)c2)[C@@H]1C. The minimum Gasteiger partial charge on any atom is -0.439 e. The molecule has 2 aromatic rings. The molecule has 1 aromatic carbocycles. The largest absolute Gasteiger partial charge is 0.439 e. The van der Waals surface area contributed by atoms with Gasteiger partial charge in [0, 0.05) is 24.8 Å². The number of amides is 1. The van der Waals surface area contributed by atoms with Gasteiger partial charge in [0.25, 0.3) is 0 Å². The minimum absolute atomic E-state index is 0.142. The summed E-state index contributed by atoms with van der Waals surface area (Å²) in [6, 6.07) is 1.15. The van der Waals surface area contributed by atoms with E-state index in [1.807, 2.05) is 6.92 Å². The van der Waals surface area contributed by atoms with Gasteiger partial charge in [0.15, 0.2) is 6.35 Å². The van der Waals surface area contributed by atoms with E-state index < -0.39 is 42.1 Å². The highest BCUT2D eigenvalue weighted by atomic mass is 19.4. The number of alkyl halides is 3. The van der Waals surface area contributed by atoms with Crippen LogP contribution < -0.4 is 5.32 Å². The Morgan fingerprint density at radius 2 is 1.97 bits per heavy atom. The molecule has 1 aromatic heterocycles. The molecule has 0 radical (unpaired) electrons. The number of aromatic nitrogens is 2. The fourth-order valence-electron chi connectivity index (χ4n) is 3.55. The predicted octanol–water partition coefficient (Wildman–Crippen LogP) is 3.14. The molecule has 1 fully saturated rings. The highest BCUT2D eigenvalue weighted by molar-refractivity contribution is 5.71. The molecule has 11 heteroatoms. The zero-order valence-electron chi connectivity index (χ0n) is 16.8. The second kappa shape index (κ2) is 7.88. The summed E-state index contributed by atoms with van der Waals surface area (Å²) in [5.41, 5.74) is 1.15. The Balaban J connectivity index is 1.77. The number of hydrogen-bond acceptors (Lipinski definition) is 5. The van der Waals surface area contributed by atoms with E-state index in [-0.39, 0.29) is 12.1 Å². The predicted molar refractivity (Wildman–Crippen MR) is 97.5 cm³/mol. The number of nitrogens with one attached hydrogen (secondary N) is 1. The van der Waals surface area contributed by atoms with E-state index in [0.717, 1.165) is 34.0 Å². The van der Waals surface area contributed by atoms with Gasteiger partial charge in [0.1, 0.15) is 11.9 Å². The zero-order valence-corrected chi connectivity index (χ0v) is 16.8. The van der Waals surface area contributed by atoms with E-state index in [1.165, 1.54) is 6.92 Å². The molecule has 1 unspecified atom stereocenters. The topological polar surface area (TPSA) is 79.6 Å². The van der Waals surface area contributed by atoms with E-state index in [1.54, 1.807) is 18.7 Å². The van der Waals surface area contributed by atoms with Crippen LogP contribution in [0.2, 0.25) is 0 Å². The van der Waals surface area contributed by atoms with E-state index in [4.69, 9.17) is 4.74 Å². The number of carbonyl (C=O) groups excluding carboxylic acids is 1. The fraction of sp³-hybridized carbons (Fsp3) is 0.474. The standard InChI is InChI=1S/C19H22F4N4O3/c1-9-15(10(2)26(4)25-9)8-24-17(28)27-11(3)16(30-18(27)29)12-5-13(19(21,22)23)7-14(20)6-12/h5-7,11,16-17,24,28H,8H2,1-4H3/t11-,16-,17?/m0/s1. The molecule has 3 atom stereocenters. The third kappa shape index (κ3) is 4.12. The van der Waals surface area contributed by atoms with Gasteiger partial charge in [-0.3, -0.25) is 14.9 Å². The highest BCUT2D eigenvalue weighted by Crippen LogP contribution is 2.37. The molecule has 2 N–H and O–H groups in total. The lowest BCUT2D eigenvalue weighted by Gasteiger charge is -2.27. The fourth-order valence-corrected chi connectivity index (χ4v) is 3.55. The number of aryl methyl sites for hydroxylation is 2. The van der Waals surface area contributed by atoms with Gasteiger partial charge >= 0.3 is 12.3 Å². The molecule has 1 amide bonds. The molecule has 1 saturated heterocycles. The summed E-state index contributed by atoms with van der Waals surface area (Å²) in [6.07, 6.45) is -8.31. The molecule has 30 heavy (non-hydrogen) atoms. The number of ether oxygens (including phenoxy) is 1. The summed E-state index contributed by atoms with van der Waals surface area (Å²) in [7, 11) is 1.78. The van der Waals surface area contributed by atoms with Crippen molar-refractivity contribution in [2.24, 2.45) is 7.05 Å². The van der Waals surface area contributed by atoms with Crippen molar-refractivity contribution < 1.29 is 32.2 Å². The first kappa shape index (κ1) is 22.0. The van der Waals surface area contributed by atoms with Crippen LogP contribution in [0, 0.1) is 19.7 Å². The molecule has 7 nitrogen and oxygen atoms in total. The van der Waals surface area contributed by atoms with Gasteiger partial charge < -0.3 is 9.84 Å². The van der Waals surface area contributed by atoms with Gasteiger partial charge in [-0.15, -0.1) is 0 Å². The Labute approximate surface area is 170 Å². The zero-order chi connectivity index (χ0) is 22.4. The molecule has 0 bridgehead atoms. The molecule has 164 valence electrons. The monoisotopic (exact) mass is 430 g/mol. The lowest BCUT2D eigenvalue weighted by atomic mass is 10.0. The summed E-state index contributed by atoms with van der Waals surface area (Å²) in [4.78, 5) is 13.3. The average Bonchev–Trinajstić information content (AvgIpc) is 3.06. The summed E-state index contributed by atoms with van der Waals surface area (Å²) in [5.74, 6) is -1.09. The van der Waals surface area contributed by atoms with Crippen molar-refractivity contribution in [1.82, 2.24) is 20.0 Å². The summed E-state index contributed by atoms with van der Waals surface area (Å²) in [6.45, 7) is 5.36. The van der Waals surface area contributed by atoms with Crippen LogP contribution in [0.3, 0.4) is 0 Å². The quantitative estimate of drug-likeness (QED) is 0.563. The molecular weight excluding hydrogens is 408 g/mol. The normalized spacial score (nSPS) is 20.6. The van der Waals surface area contributed by atoms with Gasteiger partial charge in [-0.05, 0) is 44.5 Å². The van der Waals surface area contributed by atoms with Crippen LogP contribution in [0.25, 0.3) is 0 Å². The van der Waals surface area contributed by atoms with Crippen molar-refractivity contribution in [3.63, 3.8) is 0 Å². The first-order chi connectivity index (χ1) is 13.9. The third-order valence-electron chi connectivity index (χ3n) is 5.28. The Kier molecular flexibility index (Phi) is 5.79. The number of rotatable bonds is 5. The number of aliphatic hydroxyl groups is 1. The van der Waals surface area contributed by atoms with E-state index in [9.17, 15) is 27.5 Å². The van der Waals surface area contributed by atoms with Crippen LogP contribution in [-0.4, -0.2) is 38.3 Å². The van der Waals surface area contributed by atoms with E-state index >= 15 is 0 Å². The number of benzene rings is 1. The van der Waals surface area contributed by atoms with Crippen molar-refractivity contribution in [2.45, 2.75) is 52.0 Å². The van der Waals surface area contributed by atoms with Gasteiger partial charge in [0.2, 0.25) is 0 Å². The molecular formula is C19H22F4N4O3. The number of hydrogen-bond donors (Lipinski definition) is 2. The maximum atomic E-state index is 13.8. The summed E-state index contributed by atoms with van der Waals surface area (Å²) in [5, 5.41) is 17.5. The van der Waals surface area contributed by atoms with Crippen LogP contribution in [0.15, 0.2) is 18.2 Å². The van der Waals surface area contributed by atoms with Crippen molar-refractivity contribution >= 4 is 6.09 Å². The highest BCUT2D eigenvalue weighted by Gasteiger charge is 2.44. The Morgan fingerprint density at radius 3 is 2.53 bits per heavy atom. The van der Waals surface area contributed by atoms with Gasteiger partial charge in [-0.2, -0.15) is 18.3 Å². The average molecular weight is 430 g/mol. The van der Waals surface area contributed by atoms with Crippen molar-refractivity contribution in [1.29, 1.82) is 0 Å². The Bertz CT molecular complexity index is 960. The second-order valence-corrected chi connectivity index (χ2v) is 7.25. The first-order valence-corrected chi connectivity index (χ1v) is 9.17. The smallest absolute Gasteiger partial charge is 0.416 e. The maximum Gasteiger partial charge on any atom is 0.416 e. The van der Waals surface area contributed by atoms with Gasteiger partial charge in [-0.1, -0.05) is 0 Å². The molecule has 1 aliphatic heterocycles. The number of halogens is 4. The molecule has 2 heterocycles. The summed E-state index contributed by atoms with van der Waals surface area (Å²) >= 11 is 0. The van der Waals surface area contributed by atoms with Crippen LogP contribution >= 0.6 is 0 Å². The lowest BCUT2D eigenvalue weighted by Crippen LogP contribution is -2.49. The van der Waals surface area contributed by atoms with Crippen LogP contribution in [-0.2, 0) is 24.5 Å². The molecule has 0 spiro atoms. The molecule has 0 aliphatic carbocycles. The number of nitrogens with zero attached hydrogens (tertiary/aromatic N) is 3. The van der Waals surface area contributed by atoms with Gasteiger partial charge in [0.05, 0.1) is 17.3 Å². The van der Waals surface area contributed by atoms with E-state index in [0.29, 0.717) is 6.07 Å². The number of carbonyl (C=O) groups is 1. The van der Waals surface area contributed by atoms with Crippen molar-refractivity contribution in [3.8, 4) is 0 Å². The second-order valence-electron chi connectivity index (χ2n) is 7.25. The molecule has 1 aliphatic rings. The number of aliphatic hydroxyl groups excluding tert-OH is 1. The minimum atomic E-state index is -4.75. The van der Waals surface area contributed by atoms with Crippen LogP contribution in [0.1, 0.15) is 41.1 Å². The van der Waals surface area contributed by atoms with Crippen molar-refractivity contribution in [3.05, 3.63) is 52.1 Å². The van der Waals surface area contributed by atoms with Crippen LogP contribution in [0.4, 0.5) is 22.4 Å². The maximum absolute atomic E-state index is 13.8. The summed E-state index contributed by atoms with van der Waals surface area (Å²) < 4.78 is 59.6. The number of cyclic esters (lactones) is 1. The van der Waals surface area contributed by atoms with Crippen molar-refractivity contribution in [2.75, 3.05) is 0 Å². The lowest BCUT2D eigenvalue weighted by molar-refractivity contribution is -0.137. The Morgan fingerprint density at radius 1 is 1.30 bits per heavy atom. The van der Waals surface area contributed by atoms with Gasteiger partial charge in [-0.25, -0.2) is 9.18 Å². The van der Waals surface area contributed by atoms with E-state index in [2.05, 4.69) is 10.4 Å². The molecule has 3 rings (SSSR count). The van der Waals surface area contributed by atoms with Crippen LogP contribution in [0.5, 0.6) is 0 Å². The molecule has 0 saturated carbocycles.